The lowest BCUT2D eigenvalue weighted by molar-refractivity contribution is -0.130. The van der Waals surface area contributed by atoms with Gasteiger partial charge in [-0.2, -0.15) is 0 Å². The zero-order valence-corrected chi connectivity index (χ0v) is 11.8. The van der Waals surface area contributed by atoms with Crippen molar-refractivity contribution in [2.45, 2.75) is 39.2 Å². The zero-order chi connectivity index (χ0) is 13.1. The Morgan fingerprint density at radius 2 is 2.06 bits per heavy atom. The van der Waals surface area contributed by atoms with Crippen LogP contribution in [0, 0.1) is 13.8 Å². The van der Waals surface area contributed by atoms with Crippen molar-refractivity contribution in [1.29, 1.82) is 0 Å². The maximum absolute atomic E-state index is 12.2. The molecule has 0 bridgehead atoms. The van der Waals surface area contributed by atoms with Crippen molar-refractivity contribution in [1.82, 2.24) is 4.90 Å². The largest absolute Gasteiger partial charge is 0.338 e. The van der Waals surface area contributed by atoms with Crippen LogP contribution in [0.2, 0.25) is 0 Å². The van der Waals surface area contributed by atoms with Crippen LogP contribution in [-0.4, -0.2) is 29.3 Å². The molecule has 18 heavy (non-hydrogen) atoms. The molecule has 1 aromatic carbocycles. The topological polar surface area (TPSA) is 20.3 Å². The monoisotopic (exact) mass is 265 g/mol. The van der Waals surface area contributed by atoms with Crippen molar-refractivity contribution in [2.75, 3.05) is 12.4 Å². The van der Waals surface area contributed by atoms with Crippen LogP contribution >= 0.6 is 11.6 Å². The third-order valence-electron chi connectivity index (χ3n) is 3.56. The number of carbonyl (C=O) groups excluding carboxylic acids is 1. The first-order valence-corrected chi connectivity index (χ1v) is 7.07. The third-order valence-corrected chi connectivity index (χ3v) is 3.73. The van der Waals surface area contributed by atoms with E-state index in [4.69, 9.17) is 11.6 Å². The van der Waals surface area contributed by atoms with Crippen LogP contribution < -0.4 is 0 Å². The van der Waals surface area contributed by atoms with E-state index in [0.717, 1.165) is 18.4 Å². The van der Waals surface area contributed by atoms with Crippen LogP contribution in [-0.2, 0) is 11.2 Å². The second kappa shape index (κ2) is 5.75. The van der Waals surface area contributed by atoms with E-state index in [2.05, 4.69) is 26.0 Å². The van der Waals surface area contributed by atoms with Gasteiger partial charge in [-0.1, -0.05) is 18.2 Å². The summed E-state index contributed by atoms with van der Waals surface area (Å²) >= 11 is 5.77. The Morgan fingerprint density at radius 3 is 2.61 bits per heavy atom. The Morgan fingerprint density at radius 1 is 1.33 bits per heavy atom. The Hall–Kier alpha value is -1.02. The van der Waals surface area contributed by atoms with Crippen LogP contribution in [0.1, 0.15) is 29.5 Å². The van der Waals surface area contributed by atoms with Crippen molar-refractivity contribution in [2.24, 2.45) is 0 Å². The summed E-state index contributed by atoms with van der Waals surface area (Å²) in [4.78, 5) is 14.2. The van der Waals surface area contributed by atoms with Gasteiger partial charge < -0.3 is 4.90 Å². The Balaban J connectivity index is 2.02. The highest BCUT2D eigenvalue weighted by atomic mass is 35.5. The Labute approximate surface area is 114 Å². The minimum Gasteiger partial charge on any atom is -0.338 e. The number of rotatable bonds is 5. The van der Waals surface area contributed by atoms with E-state index in [1.807, 2.05) is 11.0 Å². The summed E-state index contributed by atoms with van der Waals surface area (Å²) in [6, 6.07) is 6.69. The average molecular weight is 266 g/mol. The second-order valence-corrected chi connectivity index (χ2v) is 5.48. The number of hydrogen-bond acceptors (Lipinski definition) is 1. The summed E-state index contributed by atoms with van der Waals surface area (Å²) in [5, 5.41) is 0. The fourth-order valence-electron chi connectivity index (χ4n) is 2.18. The molecule has 1 saturated carbocycles. The summed E-state index contributed by atoms with van der Waals surface area (Å²) in [5.41, 5.74) is 3.62. The number of carbonyl (C=O) groups is 1. The molecule has 0 unspecified atom stereocenters. The molecule has 0 saturated heterocycles. The molecule has 1 fully saturated rings. The van der Waals surface area contributed by atoms with E-state index < -0.39 is 0 Å². The smallest absolute Gasteiger partial charge is 0.227 e. The lowest BCUT2D eigenvalue weighted by atomic mass is 10.0. The fraction of sp³-hybridized carbons (Fsp3) is 0.533. The minimum absolute atomic E-state index is 0.210. The SMILES string of the molecule is Cc1ccc(CC(=O)N(CCCl)C2CC2)cc1C. The summed E-state index contributed by atoms with van der Waals surface area (Å²) < 4.78 is 0. The number of benzene rings is 1. The molecule has 1 aliphatic rings. The summed E-state index contributed by atoms with van der Waals surface area (Å²) in [6.07, 6.45) is 2.76. The average Bonchev–Trinajstić information content (AvgIpc) is 3.15. The molecule has 1 amide bonds. The molecule has 1 aliphatic carbocycles. The molecule has 0 aromatic heterocycles. The lowest BCUT2D eigenvalue weighted by Gasteiger charge is -2.21. The first-order valence-electron chi connectivity index (χ1n) is 6.53. The van der Waals surface area contributed by atoms with E-state index in [0.29, 0.717) is 24.9 Å². The molecule has 0 spiro atoms. The molecule has 1 aromatic rings. The van der Waals surface area contributed by atoms with Crippen LogP contribution in [0.25, 0.3) is 0 Å². The van der Waals surface area contributed by atoms with Crippen LogP contribution in [0.15, 0.2) is 18.2 Å². The molecule has 0 aliphatic heterocycles. The van der Waals surface area contributed by atoms with Crippen LogP contribution in [0.3, 0.4) is 0 Å². The van der Waals surface area contributed by atoms with Gasteiger partial charge in [-0.3, -0.25) is 4.79 Å². The maximum Gasteiger partial charge on any atom is 0.227 e. The van der Waals surface area contributed by atoms with Gasteiger partial charge >= 0.3 is 0 Å². The van der Waals surface area contributed by atoms with Gasteiger partial charge in [-0.25, -0.2) is 0 Å². The third kappa shape index (κ3) is 3.26. The maximum atomic E-state index is 12.2. The minimum atomic E-state index is 0.210. The number of halogens is 1. The number of nitrogens with zero attached hydrogens (tertiary/aromatic N) is 1. The molecule has 0 N–H and O–H groups in total. The van der Waals surface area contributed by atoms with Crippen molar-refractivity contribution in [3.05, 3.63) is 34.9 Å². The van der Waals surface area contributed by atoms with Crippen molar-refractivity contribution < 1.29 is 4.79 Å². The number of hydrogen-bond donors (Lipinski definition) is 0. The molecule has 0 atom stereocenters. The summed E-state index contributed by atoms with van der Waals surface area (Å²) in [5.74, 6) is 0.733. The second-order valence-electron chi connectivity index (χ2n) is 5.10. The molecule has 0 radical (unpaired) electrons. The highest BCUT2D eigenvalue weighted by Crippen LogP contribution is 2.27. The van der Waals surface area contributed by atoms with Gasteiger partial charge in [0.1, 0.15) is 0 Å². The normalized spacial score (nSPS) is 14.6. The van der Waals surface area contributed by atoms with Gasteiger partial charge in [0.05, 0.1) is 6.42 Å². The molecule has 2 rings (SSSR count). The zero-order valence-electron chi connectivity index (χ0n) is 11.1. The highest BCUT2D eigenvalue weighted by Gasteiger charge is 2.31. The molecular formula is C15H20ClNO. The van der Waals surface area contributed by atoms with Gasteiger partial charge in [-0.05, 0) is 43.4 Å². The highest BCUT2D eigenvalue weighted by molar-refractivity contribution is 6.18. The van der Waals surface area contributed by atoms with E-state index in [1.165, 1.54) is 11.1 Å². The number of amides is 1. The molecule has 3 heteroatoms. The Bertz CT molecular complexity index is 440. The van der Waals surface area contributed by atoms with E-state index in [-0.39, 0.29) is 5.91 Å². The lowest BCUT2D eigenvalue weighted by Crippen LogP contribution is -2.35. The molecular weight excluding hydrogens is 246 g/mol. The standard InChI is InChI=1S/C15H20ClNO/c1-11-3-4-13(9-12(11)2)10-15(18)17(8-7-16)14-5-6-14/h3-4,9,14H,5-8,10H2,1-2H3. The predicted octanol–water partition coefficient (Wildman–Crippen LogP) is 3.08. The molecule has 2 nitrogen and oxygen atoms in total. The first kappa shape index (κ1) is 13.4. The molecule has 98 valence electrons. The van der Waals surface area contributed by atoms with Gasteiger partial charge in [0.15, 0.2) is 0 Å². The van der Waals surface area contributed by atoms with Crippen molar-refractivity contribution in [3.8, 4) is 0 Å². The quantitative estimate of drug-likeness (QED) is 0.750. The number of alkyl halides is 1. The summed E-state index contributed by atoms with van der Waals surface area (Å²) in [6.45, 7) is 4.85. The van der Waals surface area contributed by atoms with Crippen molar-refractivity contribution >= 4 is 17.5 Å². The number of aryl methyl sites for hydroxylation is 2. The molecule has 0 heterocycles. The van der Waals surface area contributed by atoms with Gasteiger partial charge in [0.25, 0.3) is 0 Å². The van der Waals surface area contributed by atoms with E-state index in [9.17, 15) is 4.79 Å². The van der Waals surface area contributed by atoms with Gasteiger partial charge in [0, 0.05) is 18.5 Å². The fourth-order valence-corrected chi connectivity index (χ4v) is 2.36. The Kier molecular flexibility index (Phi) is 4.28. The van der Waals surface area contributed by atoms with Crippen molar-refractivity contribution in [3.63, 3.8) is 0 Å². The van der Waals surface area contributed by atoms with Crippen LogP contribution in [0.4, 0.5) is 0 Å². The van der Waals surface area contributed by atoms with E-state index >= 15 is 0 Å². The van der Waals surface area contributed by atoms with E-state index in [1.54, 1.807) is 0 Å². The first-order chi connectivity index (χ1) is 8.61. The summed E-state index contributed by atoms with van der Waals surface area (Å²) in [7, 11) is 0. The van der Waals surface area contributed by atoms with Gasteiger partial charge in [-0.15, -0.1) is 11.6 Å². The van der Waals surface area contributed by atoms with Crippen LogP contribution in [0.5, 0.6) is 0 Å². The van der Waals surface area contributed by atoms with Gasteiger partial charge in [0.2, 0.25) is 5.91 Å². The predicted molar refractivity (Wildman–Crippen MR) is 75.1 cm³/mol.